The SMILES string of the molecule is C=CC(c1ccc(C)cc1)(c1ccc(C)cc1)c1ccc(C)cc1. The third-order valence-electron chi connectivity index (χ3n) is 4.83. The van der Waals surface area contributed by atoms with Gasteiger partial charge in [0.2, 0.25) is 0 Å². The second-order valence-electron chi connectivity index (χ2n) is 6.61. The molecule has 3 rings (SSSR count). The van der Waals surface area contributed by atoms with Gasteiger partial charge in [0.15, 0.2) is 0 Å². The van der Waals surface area contributed by atoms with E-state index in [2.05, 4.69) is 106 Å². The van der Waals surface area contributed by atoms with E-state index in [0.717, 1.165) is 0 Å². The number of benzene rings is 3. The van der Waals surface area contributed by atoms with Crippen molar-refractivity contribution in [1.82, 2.24) is 0 Å². The van der Waals surface area contributed by atoms with Crippen LogP contribution in [0.15, 0.2) is 85.5 Å². The Morgan fingerprint density at radius 3 is 1.00 bits per heavy atom. The Labute approximate surface area is 145 Å². The molecule has 0 spiro atoms. The summed E-state index contributed by atoms with van der Waals surface area (Å²) in [6, 6.07) is 26.4. The van der Waals surface area contributed by atoms with Gasteiger partial charge in [0.1, 0.15) is 0 Å². The van der Waals surface area contributed by atoms with Crippen molar-refractivity contribution in [3.8, 4) is 0 Å². The molecule has 0 nitrogen and oxygen atoms in total. The van der Waals surface area contributed by atoms with Gasteiger partial charge in [0.05, 0.1) is 5.41 Å². The lowest BCUT2D eigenvalue weighted by Gasteiger charge is -2.33. The van der Waals surface area contributed by atoms with Crippen LogP contribution in [0.25, 0.3) is 0 Å². The molecule has 24 heavy (non-hydrogen) atoms. The first kappa shape index (κ1) is 16.3. The van der Waals surface area contributed by atoms with Crippen LogP contribution in [0.2, 0.25) is 0 Å². The number of hydrogen-bond acceptors (Lipinski definition) is 0. The minimum atomic E-state index is -0.338. The van der Waals surface area contributed by atoms with E-state index in [1.165, 1.54) is 33.4 Å². The topological polar surface area (TPSA) is 0 Å². The number of aryl methyl sites for hydroxylation is 3. The van der Waals surface area contributed by atoms with Gasteiger partial charge in [-0.05, 0) is 37.5 Å². The average Bonchev–Trinajstić information content (AvgIpc) is 2.60. The number of rotatable bonds is 4. The van der Waals surface area contributed by atoms with Crippen LogP contribution < -0.4 is 0 Å². The average molecular weight is 312 g/mol. The van der Waals surface area contributed by atoms with E-state index >= 15 is 0 Å². The van der Waals surface area contributed by atoms with Crippen molar-refractivity contribution in [2.24, 2.45) is 0 Å². The van der Waals surface area contributed by atoms with Crippen molar-refractivity contribution in [3.63, 3.8) is 0 Å². The highest BCUT2D eigenvalue weighted by molar-refractivity contribution is 5.55. The summed E-state index contributed by atoms with van der Waals surface area (Å²) in [6.45, 7) is 10.6. The van der Waals surface area contributed by atoms with E-state index in [0.29, 0.717) is 0 Å². The normalized spacial score (nSPS) is 11.3. The van der Waals surface area contributed by atoms with Gasteiger partial charge in [-0.15, -0.1) is 6.58 Å². The maximum absolute atomic E-state index is 4.23. The van der Waals surface area contributed by atoms with Crippen molar-refractivity contribution < 1.29 is 0 Å². The fourth-order valence-corrected chi connectivity index (χ4v) is 3.30. The molecule has 0 fully saturated rings. The maximum atomic E-state index is 4.23. The Hall–Kier alpha value is -2.60. The third-order valence-corrected chi connectivity index (χ3v) is 4.83. The molecule has 0 bridgehead atoms. The van der Waals surface area contributed by atoms with Crippen LogP contribution in [0.1, 0.15) is 33.4 Å². The van der Waals surface area contributed by atoms with Crippen molar-refractivity contribution in [2.75, 3.05) is 0 Å². The summed E-state index contributed by atoms with van der Waals surface area (Å²) >= 11 is 0. The lowest BCUT2D eigenvalue weighted by atomic mass is 9.69. The van der Waals surface area contributed by atoms with E-state index in [9.17, 15) is 0 Å². The van der Waals surface area contributed by atoms with Crippen molar-refractivity contribution in [3.05, 3.63) is 119 Å². The quantitative estimate of drug-likeness (QED) is 0.401. The summed E-state index contributed by atoms with van der Waals surface area (Å²) in [7, 11) is 0. The summed E-state index contributed by atoms with van der Waals surface area (Å²) in [5.41, 5.74) is 7.20. The van der Waals surface area contributed by atoms with Crippen LogP contribution in [0.4, 0.5) is 0 Å². The molecule has 0 aliphatic heterocycles. The molecule has 0 aliphatic rings. The van der Waals surface area contributed by atoms with Crippen LogP contribution in [0.5, 0.6) is 0 Å². The smallest absolute Gasteiger partial charge is 0.0629 e. The Balaban J connectivity index is 2.29. The molecule has 3 aromatic rings. The van der Waals surface area contributed by atoms with Gasteiger partial charge < -0.3 is 0 Å². The van der Waals surface area contributed by atoms with E-state index in [1.807, 2.05) is 0 Å². The predicted molar refractivity (Wildman–Crippen MR) is 104 cm³/mol. The molecule has 120 valence electrons. The molecule has 0 saturated heterocycles. The van der Waals surface area contributed by atoms with Crippen molar-refractivity contribution in [2.45, 2.75) is 26.2 Å². The molecular formula is C24H24. The molecule has 0 heteroatoms. The van der Waals surface area contributed by atoms with Crippen LogP contribution in [-0.2, 0) is 5.41 Å². The molecule has 3 aromatic carbocycles. The Bertz CT molecular complexity index is 708. The monoisotopic (exact) mass is 312 g/mol. The highest BCUT2D eigenvalue weighted by Crippen LogP contribution is 2.40. The molecule has 0 aliphatic carbocycles. The second kappa shape index (κ2) is 6.49. The van der Waals surface area contributed by atoms with Crippen LogP contribution in [0.3, 0.4) is 0 Å². The van der Waals surface area contributed by atoms with Gasteiger partial charge >= 0.3 is 0 Å². The molecule has 0 aromatic heterocycles. The zero-order valence-corrected chi connectivity index (χ0v) is 14.7. The van der Waals surface area contributed by atoms with Gasteiger partial charge in [-0.25, -0.2) is 0 Å². The van der Waals surface area contributed by atoms with Crippen molar-refractivity contribution in [1.29, 1.82) is 0 Å². The Morgan fingerprint density at radius 2 is 0.792 bits per heavy atom. The summed E-state index contributed by atoms with van der Waals surface area (Å²) < 4.78 is 0. The van der Waals surface area contributed by atoms with Crippen LogP contribution in [0, 0.1) is 20.8 Å². The first-order valence-electron chi connectivity index (χ1n) is 8.41. The minimum Gasteiger partial charge on any atom is -0.102 e. The second-order valence-corrected chi connectivity index (χ2v) is 6.61. The highest BCUT2D eigenvalue weighted by atomic mass is 14.3. The number of hydrogen-bond donors (Lipinski definition) is 0. The van der Waals surface area contributed by atoms with Gasteiger partial charge in [0, 0.05) is 0 Å². The molecule has 0 heterocycles. The largest absolute Gasteiger partial charge is 0.102 e. The Morgan fingerprint density at radius 1 is 0.542 bits per heavy atom. The van der Waals surface area contributed by atoms with Crippen LogP contribution >= 0.6 is 0 Å². The zero-order valence-electron chi connectivity index (χ0n) is 14.7. The molecule has 0 N–H and O–H groups in total. The molecule has 0 atom stereocenters. The lowest BCUT2D eigenvalue weighted by molar-refractivity contribution is 0.779. The molecule has 0 unspecified atom stereocenters. The molecule has 0 saturated carbocycles. The molecule has 0 amide bonds. The zero-order chi connectivity index (χ0) is 17.2. The molecule has 0 radical (unpaired) electrons. The van der Waals surface area contributed by atoms with Gasteiger partial charge in [-0.2, -0.15) is 0 Å². The van der Waals surface area contributed by atoms with E-state index < -0.39 is 0 Å². The van der Waals surface area contributed by atoms with Gasteiger partial charge in [-0.1, -0.05) is 95.6 Å². The Kier molecular flexibility index (Phi) is 4.40. The van der Waals surface area contributed by atoms with Crippen LogP contribution in [-0.4, -0.2) is 0 Å². The predicted octanol–water partition coefficient (Wildman–Crippen LogP) is 6.13. The summed E-state index contributed by atoms with van der Waals surface area (Å²) in [6.07, 6.45) is 2.08. The van der Waals surface area contributed by atoms with Gasteiger partial charge in [0.25, 0.3) is 0 Å². The summed E-state index contributed by atoms with van der Waals surface area (Å²) in [4.78, 5) is 0. The highest BCUT2D eigenvalue weighted by Gasteiger charge is 2.33. The van der Waals surface area contributed by atoms with Crippen molar-refractivity contribution >= 4 is 0 Å². The fourth-order valence-electron chi connectivity index (χ4n) is 3.30. The molecular weight excluding hydrogens is 288 g/mol. The standard InChI is InChI=1S/C24H24/c1-5-24(21-12-6-18(2)7-13-21,22-14-8-19(3)9-15-22)23-16-10-20(4)11-17-23/h5-17H,1H2,2-4H3. The summed E-state index contributed by atoms with van der Waals surface area (Å²) in [5.74, 6) is 0. The number of allylic oxidation sites excluding steroid dienone is 1. The first-order chi connectivity index (χ1) is 11.6. The van der Waals surface area contributed by atoms with Gasteiger partial charge in [-0.3, -0.25) is 0 Å². The lowest BCUT2D eigenvalue weighted by Crippen LogP contribution is -2.26. The third kappa shape index (κ3) is 2.80. The fraction of sp³-hybridized carbons (Fsp3) is 0.167. The first-order valence-corrected chi connectivity index (χ1v) is 8.41. The van der Waals surface area contributed by atoms with E-state index in [4.69, 9.17) is 0 Å². The summed E-state index contributed by atoms with van der Waals surface area (Å²) in [5, 5.41) is 0. The maximum Gasteiger partial charge on any atom is 0.0629 e. The van der Waals surface area contributed by atoms with E-state index in [-0.39, 0.29) is 5.41 Å². The minimum absolute atomic E-state index is 0.338. The van der Waals surface area contributed by atoms with E-state index in [1.54, 1.807) is 0 Å².